The van der Waals surface area contributed by atoms with Gasteiger partial charge in [0.2, 0.25) is 12.7 Å². The molecule has 0 aromatic rings. The standard InChI is InChI=1S/C7H13N4O2/c8-7(9)10-3-1-2-6(4-12)11-5-13/h5-6H,1-3H2,(H,11,13)(H4,8,9,10)/t6-/m0/s1. The SMILES string of the molecule is N=C(N)NCCC[C@@H]([C]=O)NC=O. The Balaban J connectivity index is 3.43. The van der Waals surface area contributed by atoms with E-state index in [2.05, 4.69) is 10.6 Å². The molecule has 0 spiro atoms. The molecule has 0 bridgehead atoms. The zero-order chi connectivity index (χ0) is 10.1. The van der Waals surface area contributed by atoms with Crippen molar-refractivity contribution in [3.63, 3.8) is 0 Å². The highest BCUT2D eigenvalue weighted by Crippen LogP contribution is 1.91. The molecular weight excluding hydrogens is 172 g/mol. The lowest BCUT2D eigenvalue weighted by Crippen LogP contribution is -2.33. The molecule has 6 heteroatoms. The average Bonchev–Trinajstić information content (AvgIpc) is 2.10. The Morgan fingerprint density at radius 3 is 2.85 bits per heavy atom. The van der Waals surface area contributed by atoms with Gasteiger partial charge >= 0.3 is 0 Å². The fraction of sp³-hybridized carbons (Fsp3) is 0.571. The normalized spacial score (nSPS) is 11.4. The minimum absolute atomic E-state index is 0.102. The summed E-state index contributed by atoms with van der Waals surface area (Å²) in [6.45, 7) is 0.508. The third-order valence-corrected chi connectivity index (χ3v) is 1.40. The van der Waals surface area contributed by atoms with Crippen LogP contribution in [-0.2, 0) is 9.59 Å². The number of guanidine groups is 1. The number of carbonyl (C=O) groups excluding carboxylic acids is 2. The molecule has 0 rings (SSSR count). The third kappa shape index (κ3) is 6.79. The number of amides is 1. The van der Waals surface area contributed by atoms with Crippen LogP contribution in [0.3, 0.4) is 0 Å². The molecule has 0 aliphatic heterocycles. The van der Waals surface area contributed by atoms with Gasteiger partial charge in [-0.2, -0.15) is 0 Å². The Hall–Kier alpha value is -1.59. The highest BCUT2D eigenvalue weighted by Gasteiger charge is 2.05. The van der Waals surface area contributed by atoms with Crippen molar-refractivity contribution in [2.75, 3.05) is 6.54 Å². The van der Waals surface area contributed by atoms with Gasteiger partial charge in [0.1, 0.15) is 0 Å². The number of nitrogens with one attached hydrogen (secondary N) is 3. The van der Waals surface area contributed by atoms with Gasteiger partial charge < -0.3 is 16.4 Å². The third-order valence-electron chi connectivity index (χ3n) is 1.40. The number of hydrogen-bond acceptors (Lipinski definition) is 3. The molecule has 1 atom stereocenters. The van der Waals surface area contributed by atoms with Crippen LogP contribution in [0.2, 0.25) is 0 Å². The molecule has 0 unspecified atom stereocenters. The molecule has 0 aliphatic rings. The Bertz CT molecular complexity index is 183. The van der Waals surface area contributed by atoms with E-state index in [1.165, 1.54) is 0 Å². The molecule has 73 valence electrons. The van der Waals surface area contributed by atoms with E-state index in [1.54, 1.807) is 6.29 Å². The Morgan fingerprint density at radius 1 is 1.69 bits per heavy atom. The lowest BCUT2D eigenvalue weighted by atomic mass is 10.2. The van der Waals surface area contributed by atoms with E-state index < -0.39 is 6.04 Å². The first kappa shape index (κ1) is 11.4. The molecule has 0 aliphatic carbocycles. The first-order valence-electron chi connectivity index (χ1n) is 3.86. The summed E-state index contributed by atoms with van der Waals surface area (Å²) in [5.41, 5.74) is 5.02. The van der Waals surface area contributed by atoms with E-state index >= 15 is 0 Å². The van der Waals surface area contributed by atoms with Gasteiger partial charge in [-0.15, -0.1) is 0 Å². The Labute approximate surface area is 76.4 Å². The lowest BCUT2D eigenvalue weighted by Gasteiger charge is -2.07. The quantitative estimate of drug-likeness (QED) is 0.167. The Kier molecular flexibility index (Phi) is 6.21. The molecule has 1 radical (unpaired) electrons. The van der Waals surface area contributed by atoms with Gasteiger partial charge in [-0.25, -0.2) is 0 Å². The second-order valence-electron chi connectivity index (χ2n) is 2.44. The molecule has 0 saturated carbocycles. The zero-order valence-electron chi connectivity index (χ0n) is 7.17. The predicted molar refractivity (Wildman–Crippen MR) is 47.8 cm³/mol. The van der Waals surface area contributed by atoms with Gasteiger partial charge in [0.25, 0.3) is 0 Å². The van der Waals surface area contributed by atoms with Crippen molar-refractivity contribution in [1.82, 2.24) is 10.6 Å². The molecule has 0 heterocycles. The van der Waals surface area contributed by atoms with E-state index in [0.717, 1.165) is 0 Å². The Morgan fingerprint density at radius 2 is 2.38 bits per heavy atom. The summed E-state index contributed by atoms with van der Waals surface area (Å²) in [5, 5.41) is 11.7. The minimum atomic E-state index is -0.564. The van der Waals surface area contributed by atoms with Crippen molar-refractivity contribution < 1.29 is 9.59 Å². The van der Waals surface area contributed by atoms with E-state index in [1.807, 2.05) is 0 Å². The molecule has 6 nitrogen and oxygen atoms in total. The van der Waals surface area contributed by atoms with Gasteiger partial charge in [0, 0.05) is 6.54 Å². The molecule has 0 aromatic heterocycles. The maximum Gasteiger partial charge on any atom is 0.222 e. The van der Waals surface area contributed by atoms with Crippen molar-refractivity contribution in [3.05, 3.63) is 0 Å². The first-order valence-corrected chi connectivity index (χ1v) is 3.86. The molecule has 0 saturated heterocycles. The number of rotatable bonds is 7. The van der Waals surface area contributed by atoms with E-state index in [0.29, 0.717) is 25.8 Å². The van der Waals surface area contributed by atoms with Crippen LogP contribution >= 0.6 is 0 Å². The molecular formula is C7H13N4O2. The van der Waals surface area contributed by atoms with Crippen LogP contribution in [0.25, 0.3) is 0 Å². The van der Waals surface area contributed by atoms with Crippen LogP contribution in [0.4, 0.5) is 0 Å². The van der Waals surface area contributed by atoms with Gasteiger partial charge in [-0.1, -0.05) is 0 Å². The smallest absolute Gasteiger partial charge is 0.222 e. The summed E-state index contributed by atoms with van der Waals surface area (Å²) < 4.78 is 0. The molecule has 13 heavy (non-hydrogen) atoms. The van der Waals surface area contributed by atoms with E-state index in [4.69, 9.17) is 11.1 Å². The van der Waals surface area contributed by atoms with Crippen molar-refractivity contribution in [3.8, 4) is 0 Å². The van der Waals surface area contributed by atoms with Gasteiger partial charge in [0.05, 0.1) is 6.04 Å². The molecule has 5 N–H and O–H groups in total. The summed E-state index contributed by atoms with van der Waals surface area (Å²) in [6, 6.07) is -0.564. The van der Waals surface area contributed by atoms with E-state index in [9.17, 15) is 9.59 Å². The van der Waals surface area contributed by atoms with Crippen LogP contribution in [0.1, 0.15) is 12.8 Å². The van der Waals surface area contributed by atoms with E-state index in [-0.39, 0.29) is 5.96 Å². The summed E-state index contributed by atoms with van der Waals surface area (Å²) in [7, 11) is 0. The van der Waals surface area contributed by atoms with Crippen molar-refractivity contribution in [1.29, 1.82) is 5.41 Å². The summed E-state index contributed by atoms with van der Waals surface area (Å²) in [6.07, 6.45) is 3.28. The van der Waals surface area contributed by atoms with Crippen LogP contribution in [0.15, 0.2) is 0 Å². The highest BCUT2D eigenvalue weighted by atomic mass is 16.1. The highest BCUT2D eigenvalue weighted by molar-refractivity contribution is 5.74. The van der Waals surface area contributed by atoms with Crippen molar-refractivity contribution >= 4 is 18.7 Å². The van der Waals surface area contributed by atoms with Gasteiger partial charge in [-0.05, 0) is 12.8 Å². The van der Waals surface area contributed by atoms with Crippen LogP contribution in [0.5, 0.6) is 0 Å². The minimum Gasteiger partial charge on any atom is -0.370 e. The second-order valence-corrected chi connectivity index (χ2v) is 2.44. The maximum absolute atomic E-state index is 10.2. The topological polar surface area (TPSA) is 108 Å². The maximum atomic E-state index is 10.2. The van der Waals surface area contributed by atoms with Crippen LogP contribution in [-0.4, -0.2) is 31.2 Å². The summed E-state index contributed by atoms with van der Waals surface area (Å²) >= 11 is 0. The largest absolute Gasteiger partial charge is 0.370 e. The summed E-state index contributed by atoms with van der Waals surface area (Å²) in [5.74, 6) is -0.102. The molecule has 0 fully saturated rings. The second kappa shape index (κ2) is 7.08. The molecule has 1 amide bonds. The fourth-order valence-corrected chi connectivity index (χ4v) is 0.788. The zero-order valence-corrected chi connectivity index (χ0v) is 7.17. The van der Waals surface area contributed by atoms with Gasteiger partial charge in [0.15, 0.2) is 5.96 Å². The monoisotopic (exact) mass is 185 g/mol. The van der Waals surface area contributed by atoms with Gasteiger partial charge in [-0.3, -0.25) is 15.0 Å². The number of hydrogen-bond donors (Lipinski definition) is 4. The van der Waals surface area contributed by atoms with Crippen LogP contribution in [0, 0.1) is 5.41 Å². The molecule has 0 aromatic carbocycles. The van der Waals surface area contributed by atoms with Crippen LogP contribution < -0.4 is 16.4 Å². The average molecular weight is 185 g/mol. The fourth-order valence-electron chi connectivity index (χ4n) is 0.788. The predicted octanol–water partition coefficient (Wildman–Crippen LogP) is -1.53. The summed E-state index contributed by atoms with van der Waals surface area (Å²) in [4.78, 5) is 20.1. The number of carbonyl (C=O) groups is 1. The first-order chi connectivity index (χ1) is 6.20. The number of nitrogens with two attached hydrogens (primary N) is 1. The van der Waals surface area contributed by atoms with Crippen molar-refractivity contribution in [2.45, 2.75) is 18.9 Å². The van der Waals surface area contributed by atoms with Crippen molar-refractivity contribution in [2.24, 2.45) is 5.73 Å². The lowest BCUT2D eigenvalue weighted by molar-refractivity contribution is -0.109.